The summed E-state index contributed by atoms with van der Waals surface area (Å²) < 4.78 is 11.1. The average Bonchev–Trinajstić information content (AvgIpc) is 3.15. The molecule has 28 heavy (non-hydrogen) atoms. The van der Waals surface area contributed by atoms with E-state index in [1.54, 1.807) is 18.4 Å². The second-order valence-electron chi connectivity index (χ2n) is 7.60. The highest BCUT2D eigenvalue weighted by atomic mass is 32.1. The number of nitrogens with zero attached hydrogens (tertiary/aromatic N) is 4. The van der Waals surface area contributed by atoms with Gasteiger partial charge in [-0.15, -0.1) is 11.3 Å². The Hall–Kier alpha value is -1.77. The Morgan fingerprint density at radius 3 is 2.86 bits per heavy atom. The van der Waals surface area contributed by atoms with Gasteiger partial charge in [-0.3, -0.25) is 0 Å². The van der Waals surface area contributed by atoms with E-state index in [9.17, 15) is 0 Å². The number of hydrogen-bond donors (Lipinski definition) is 1. The molecular formula is C20H29N5O2S. The van der Waals surface area contributed by atoms with Gasteiger partial charge in [0.1, 0.15) is 11.6 Å². The van der Waals surface area contributed by atoms with Crippen molar-refractivity contribution < 1.29 is 9.47 Å². The third kappa shape index (κ3) is 4.79. The van der Waals surface area contributed by atoms with E-state index in [1.807, 2.05) is 12.3 Å². The molecule has 2 fully saturated rings. The van der Waals surface area contributed by atoms with Crippen molar-refractivity contribution in [1.29, 1.82) is 0 Å². The van der Waals surface area contributed by atoms with E-state index in [1.165, 1.54) is 32.1 Å². The van der Waals surface area contributed by atoms with E-state index in [0.29, 0.717) is 25.1 Å². The van der Waals surface area contributed by atoms with E-state index in [2.05, 4.69) is 21.3 Å². The van der Waals surface area contributed by atoms with E-state index in [4.69, 9.17) is 19.4 Å². The third-order valence-electron chi connectivity index (χ3n) is 5.30. The molecule has 8 heteroatoms. The van der Waals surface area contributed by atoms with Crippen molar-refractivity contribution in [2.75, 3.05) is 43.6 Å². The summed E-state index contributed by atoms with van der Waals surface area (Å²) in [5, 5.41) is 6.57. The van der Waals surface area contributed by atoms with Crippen LogP contribution >= 0.6 is 11.3 Å². The molecule has 0 spiro atoms. The summed E-state index contributed by atoms with van der Waals surface area (Å²) >= 11 is 1.59. The van der Waals surface area contributed by atoms with Gasteiger partial charge in [-0.05, 0) is 19.8 Å². The maximum atomic E-state index is 5.80. The topological polar surface area (TPSA) is 72.4 Å². The molecule has 0 aromatic carbocycles. The molecule has 7 nitrogen and oxygen atoms in total. The average molecular weight is 404 g/mol. The van der Waals surface area contributed by atoms with Crippen LogP contribution in [-0.2, 0) is 9.47 Å². The van der Waals surface area contributed by atoms with Gasteiger partial charge in [0.15, 0.2) is 10.8 Å². The van der Waals surface area contributed by atoms with Crippen LogP contribution in [0.5, 0.6) is 0 Å². The van der Waals surface area contributed by atoms with Crippen LogP contribution in [-0.4, -0.2) is 60.5 Å². The quantitative estimate of drug-likeness (QED) is 0.791. The second-order valence-corrected chi connectivity index (χ2v) is 8.46. The monoisotopic (exact) mass is 403 g/mol. The molecule has 3 heterocycles. The SMILES string of the molecule is COC[C@@H]1CN(c2cc(NC3CCCCC3)nc(-c3nc(C)cs3)n2)CCO1. The van der Waals surface area contributed by atoms with Gasteiger partial charge in [-0.2, -0.15) is 0 Å². The van der Waals surface area contributed by atoms with Gasteiger partial charge >= 0.3 is 0 Å². The Morgan fingerprint density at radius 2 is 2.11 bits per heavy atom. The lowest BCUT2D eigenvalue weighted by molar-refractivity contribution is -0.0102. The third-order valence-corrected chi connectivity index (χ3v) is 6.25. The highest BCUT2D eigenvalue weighted by Crippen LogP contribution is 2.28. The molecule has 1 saturated heterocycles. The van der Waals surface area contributed by atoms with Crippen molar-refractivity contribution >= 4 is 23.0 Å². The van der Waals surface area contributed by atoms with Crippen LogP contribution in [0.4, 0.5) is 11.6 Å². The van der Waals surface area contributed by atoms with E-state index < -0.39 is 0 Å². The fourth-order valence-electron chi connectivity index (χ4n) is 3.89. The highest BCUT2D eigenvalue weighted by Gasteiger charge is 2.24. The van der Waals surface area contributed by atoms with E-state index >= 15 is 0 Å². The van der Waals surface area contributed by atoms with Gasteiger partial charge < -0.3 is 19.7 Å². The highest BCUT2D eigenvalue weighted by molar-refractivity contribution is 7.13. The fourth-order valence-corrected chi connectivity index (χ4v) is 4.62. The summed E-state index contributed by atoms with van der Waals surface area (Å²) in [7, 11) is 1.71. The Balaban J connectivity index is 1.61. The number of morpholine rings is 1. The zero-order chi connectivity index (χ0) is 19.3. The van der Waals surface area contributed by atoms with Crippen LogP contribution in [0.2, 0.25) is 0 Å². The van der Waals surface area contributed by atoms with Gasteiger partial charge in [0.2, 0.25) is 0 Å². The number of anilines is 2. The smallest absolute Gasteiger partial charge is 0.192 e. The first-order valence-corrected chi connectivity index (χ1v) is 11.0. The predicted octanol–water partition coefficient (Wildman–Crippen LogP) is 3.50. The van der Waals surface area contributed by atoms with Crippen molar-refractivity contribution in [3.05, 3.63) is 17.1 Å². The minimum Gasteiger partial charge on any atom is -0.382 e. The summed E-state index contributed by atoms with van der Waals surface area (Å²) in [6.07, 6.45) is 6.39. The summed E-state index contributed by atoms with van der Waals surface area (Å²) in [4.78, 5) is 16.5. The molecule has 2 aliphatic rings. The van der Waals surface area contributed by atoms with Gasteiger partial charge in [0.25, 0.3) is 0 Å². The molecule has 152 valence electrons. The van der Waals surface area contributed by atoms with Crippen LogP contribution in [0.1, 0.15) is 37.8 Å². The number of aryl methyl sites for hydroxylation is 1. The summed E-state index contributed by atoms with van der Waals surface area (Å²) in [5.41, 5.74) is 1.00. The molecule has 0 amide bonds. The van der Waals surface area contributed by atoms with Crippen molar-refractivity contribution in [1.82, 2.24) is 15.0 Å². The number of aromatic nitrogens is 3. The van der Waals surface area contributed by atoms with Gasteiger partial charge in [0, 0.05) is 43.4 Å². The molecule has 1 aliphatic heterocycles. The first kappa shape index (κ1) is 19.5. The van der Waals surface area contributed by atoms with Gasteiger partial charge in [0.05, 0.1) is 19.3 Å². The Kier molecular flexibility index (Phi) is 6.39. The van der Waals surface area contributed by atoms with Crippen LogP contribution in [0, 0.1) is 6.92 Å². The molecule has 1 N–H and O–H groups in total. The fraction of sp³-hybridized carbons (Fsp3) is 0.650. The first-order valence-electron chi connectivity index (χ1n) is 10.1. The number of ether oxygens (including phenoxy) is 2. The van der Waals surface area contributed by atoms with Crippen molar-refractivity contribution in [2.45, 2.75) is 51.2 Å². The molecular weight excluding hydrogens is 374 g/mol. The molecule has 1 saturated carbocycles. The maximum Gasteiger partial charge on any atom is 0.192 e. The van der Waals surface area contributed by atoms with Crippen LogP contribution in [0.3, 0.4) is 0 Å². The maximum absolute atomic E-state index is 5.80. The zero-order valence-corrected chi connectivity index (χ0v) is 17.5. The normalized spacial score (nSPS) is 21.1. The van der Waals surface area contributed by atoms with Crippen molar-refractivity contribution in [3.63, 3.8) is 0 Å². The summed E-state index contributed by atoms with van der Waals surface area (Å²) in [6.45, 7) is 4.85. The number of thiazole rings is 1. The number of hydrogen-bond acceptors (Lipinski definition) is 8. The first-order chi connectivity index (χ1) is 13.7. The summed E-state index contributed by atoms with van der Waals surface area (Å²) in [6, 6.07) is 2.57. The van der Waals surface area contributed by atoms with Crippen molar-refractivity contribution in [2.24, 2.45) is 0 Å². The molecule has 0 bridgehead atoms. The number of nitrogens with one attached hydrogen (secondary N) is 1. The Morgan fingerprint density at radius 1 is 1.25 bits per heavy atom. The van der Waals surface area contributed by atoms with Gasteiger partial charge in [-0.25, -0.2) is 15.0 Å². The standard InChI is InChI=1S/C20H29N5O2S/c1-14-13-28-20(21-14)19-23-17(22-15-6-4-3-5-7-15)10-18(24-19)25-8-9-27-16(11-25)12-26-2/h10,13,15-16H,3-9,11-12H2,1-2H3,(H,22,23,24)/t16-/m0/s1. The molecule has 1 aliphatic carbocycles. The second kappa shape index (κ2) is 9.15. The number of methoxy groups -OCH3 is 1. The minimum atomic E-state index is 0.0639. The van der Waals surface area contributed by atoms with Gasteiger partial charge in [-0.1, -0.05) is 19.3 Å². The van der Waals surface area contributed by atoms with Crippen molar-refractivity contribution in [3.8, 4) is 10.8 Å². The lowest BCUT2D eigenvalue weighted by atomic mass is 9.95. The molecule has 0 unspecified atom stereocenters. The molecule has 2 aromatic rings. The number of rotatable bonds is 6. The lowest BCUT2D eigenvalue weighted by Gasteiger charge is -2.33. The van der Waals surface area contributed by atoms with Crippen LogP contribution < -0.4 is 10.2 Å². The van der Waals surface area contributed by atoms with Crippen LogP contribution in [0.15, 0.2) is 11.4 Å². The molecule has 4 rings (SSSR count). The molecule has 0 radical (unpaired) electrons. The van der Waals surface area contributed by atoms with E-state index in [0.717, 1.165) is 35.4 Å². The Bertz CT molecular complexity index is 776. The predicted molar refractivity (Wildman–Crippen MR) is 112 cm³/mol. The molecule has 2 aromatic heterocycles. The van der Waals surface area contributed by atoms with Crippen LogP contribution in [0.25, 0.3) is 10.8 Å². The van der Waals surface area contributed by atoms with E-state index in [-0.39, 0.29) is 6.10 Å². The summed E-state index contributed by atoms with van der Waals surface area (Å²) in [5.74, 6) is 2.53. The largest absolute Gasteiger partial charge is 0.382 e. The Labute approximate surface area is 170 Å². The lowest BCUT2D eigenvalue weighted by Crippen LogP contribution is -2.44. The minimum absolute atomic E-state index is 0.0639. The zero-order valence-electron chi connectivity index (χ0n) is 16.7. The molecule has 1 atom stereocenters.